The molecule has 0 unspecified atom stereocenters. The van der Waals surface area contributed by atoms with E-state index >= 15 is 0 Å². The Morgan fingerprint density at radius 1 is 0.829 bits per heavy atom. The number of benzene rings is 4. The quantitative estimate of drug-likeness (QED) is 0.211. The van der Waals surface area contributed by atoms with E-state index in [0.717, 1.165) is 16.5 Å². The van der Waals surface area contributed by atoms with Crippen molar-refractivity contribution in [1.29, 1.82) is 0 Å². The molecule has 0 saturated heterocycles. The van der Waals surface area contributed by atoms with Gasteiger partial charge in [-0.2, -0.15) is 0 Å². The molecule has 0 saturated carbocycles. The summed E-state index contributed by atoms with van der Waals surface area (Å²) >= 11 is 0. The van der Waals surface area contributed by atoms with Crippen LogP contribution in [-0.2, 0) is 16.8 Å². The summed E-state index contributed by atoms with van der Waals surface area (Å²) in [7, 11) is 1.60. The van der Waals surface area contributed by atoms with Crippen molar-refractivity contribution in [2.75, 3.05) is 12.4 Å². The molecule has 0 radical (unpaired) electrons. The number of ether oxygens (including phenoxy) is 2. The highest BCUT2D eigenvalue weighted by Crippen LogP contribution is 2.35. The first-order valence-corrected chi connectivity index (χ1v) is 13.4. The van der Waals surface area contributed by atoms with Crippen molar-refractivity contribution >= 4 is 28.6 Å². The standard InChI is InChI=1S/C35H32N2O4/c1-35(2,3)27-17-13-24(14-18-27)32-28(11-8-12-30(32)40-4)33(38)37-31-20-16-25-21-26(15-19-29(25)36-31)34(39)41-22-23-9-6-5-7-10-23/h5-21H,22H2,1-4H3,(H,36,37,38). The summed E-state index contributed by atoms with van der Waals surface area (Å²) in [6, 6.07) is 31.9. The highest BCUT2D eigenvalue weighted by Gasteiger charge is 2.20. The van der Waals surface area contributed by atoms with Gasteiger partial charge in [0.25, 0.3) is 5.91 Å². The molecule has 5 rings (SSSR count). The lowest BCUT2D eigenvalue weighted by Crippen LogP contribution is -2.15. The van der Waals surface area contributed by atoms with E-state index in [0.29, 0.717) is 33.8 Å². The molecule has 0 bridgehead atoms. The van der Waals surface area contributed by atoms with Crippen LogP contribution in [0.5, 0.6) is 5.75 Å². The van der Waals surface area contributed by atoms with Crippen LogP contribution in [0.15, 0.2) is 103 Å². The van der Waals surface area contributed by atoms with Crippen LogP contribution < -0.4 is 10.1 Å². The number of anilines is 1. The Hall–Kier alpha value is -4.97. The van der Waals surface area contributed by atoms with Gasteiger partial charge in [0.15, 0.2) is 0 Å². The van der Waals surface area contributed by atoms with Gasteiger partial charge < -0.3 is 14.8 Å². The van der Waals surface area contributed by atoms with E-state index in [1.807, 2.05) is 54.6 Å². The fraction of sp³-hybridized carbons (Fsp3) is 0.171. The molecule has 5 aromatic rings. The molecule has 1 aromatic heterocycles. The Kier molecular flexibility index (Phi) is 7.83. The summed E-state index contributed by atoms with van der Waals surface area (Å²) in [5.74, 6) is 0.305. The molecule has 1 amide bonds. The second kappa shape index (κ2) is 11.6. The van der Waals surface area contributed by atoms with Gasteiger partial charge in [-0.05, 0) is 64.6 Å². The maximum atomic E-state index is 13.5. The Bertz CT molecular complexity index is 1710. The maximum absolute atomic E-state index is 13.5. The lowest BCUT2D eigenvalue weighted by Gasteiger charge is -2.20. The van der Waals surface area contributed by atoms with Crippen molar-refractivity contribution in [3.63, 3.8) is 0 Å². The smallest absolute Gasteiger partial charge is 0.338 e. The fourth-order valence-electron chi connectivity index (χ4n) is 4.64. The average Bonchev–Trinajstić information content (AvgIpc) is 2.99. The Morgan fingerprint density at radius 3 is 2.29 bits per heavy atom. The van der Waals surface area contributed by atoms with E-state index in [9.17, 15) is 9.59 Å². The molecule has 0 fully saturated rings. The van der Waals surface area contributed by atoms with E-state index < -0.39 is 5.97 Å². The van der Waals surface area contributed by atoms with Crippen LogP contribution in [0.3, 0.4) is 0 Å². The number of carbonyl (C=O) groups excluding carboxylic acids is 2. The number of hydrogen-bond acceptors (Lipinski definition) is 5. The molecule has 0 aliphatic carbocycles. The zero-order chi connectivity index (χ0) is 29.0. The van der Waals surface area contributed by atoms with Crippen molar-refractivity contribution in [2.45, 2.75) is 32.8 Å². The molecule has 4 aromatic carbocycles. The van der Waals surface area contributed by atoms with Crippen molar-refractivity contribution in [1.82, 2.24) is 4.98 Å². The Morgan fingerprint density at radius 2 is 1.59 bits per heavy atom. The van der Waals surface area contributed by atoms with Crippen LogP contribution in [0.4, 0.5) is 5.82 Å². The zero-order valence-electron chi connectivity index (χ0n) is 23.6. The number of rotatable bonds is 7. The average molecular weight is 545 g/mol. The number of aromatic nitrogens is 1. The minimum absolute atomic E-state index is 0.0184. The van der Waals surface area contributed by atoms with Crippen molar-refractivity contribution in [2.24, 2.45) is 0 Å². The van der Waals surface area contributed by atoms with Gasteiger partial charge in [0.05, 0.1) is 23.8 Å². The monoisotopic (exact) mass is 544 g/mol. The predicted molar refractivity (Wildman–Crippen MR) is 162 cm³/mol. The third-order valence-electron chi connectivity index (χ3n) is 6.91. The zero-order valence-corrected chi connectivity index (χ0v) is 23.6. The molecule has 41 heavy (non-hydrogen) atoms. The first-order valence-electron chi connectivity index (χ1n) is 13.4. The first kappa shape index (κ1) is 27.6. The number of fused-ring (bicyclic) bond motifs is 1. The minimum atomic E-state index is -0.408. The van der Waals surface area contributed by atoms with E-state index in [1.165, 1.54) is 5.56 Å². The van der Waals surface area contributed by atoms with Crippen LogP contribution in [0.25, 0.3) is 22.0 Å². The van der Waals surface area contributed by atoms with E-state index in [-0.39, 0.29) is 17.9 Å². The second-order valence-electron chi connectivity index (χ2n) is 10.8. The van der Waals surface area contributed by atoms with E-state index in [2.05, 4.69) is 43.2 Å². The number of carbonyl (C=O) groups is 2. The van der Waals surface area contributed by atoms with Crippen LogP contribution in [0, 0.1) is 0 Å². The van der Waals surface area contributed by atoms with Crippen molar-refractivity contribution < 1.29 is 19.1 Å². The van der Waals surface area contributed by atoms with Crippen molar-refractivity contribution in [3.05, 3.63) is 125 Å². The number of hydrogen-bond donors (Lipinski definition) is 1. The van der Waals surface area contributed by atoms with Gasteiger partial charge in [-0.15, -0.1) is 0 Å². The topological polar surface area (TPSA) is 77.5 Å². The summed E-state index contributed by atoms with van der Waals surface area (Å²) in [6.07, 6.45) is 0. The lowest BCUT2D eigenvalue weighted by molar-refractivity contribution is 0.0473. The summed E-state index contributed by atoms with van der Waals surface area (Å²) in [6.45, 7) is 6.70. The number of amides is 1. The molecular formula is C35H32N2O4. The lowest BCUT2D eigenvalue weighted by atomic mass is 9.86. The summed E-state index contributed by atoms with van der Waals surface area (Å²) in [4.78, 5) is 30.7. The molecule has 1 heterocycles. The fourth-order valence-corrected chi connectivity index (χ4v) is 4.64. The number of methoxy groups -OCH3 is 1. The van der Waals surface area contributed by atoms with Gasteiger partial charge in [0.2, 0.25) is 0 Å². The maximum Gasteiger partial charge on any atom is 0.338 e. The first-order chi connectivity index (χ1) is 19.7. The van der Waals surface area contributed by atoms with Gasteiger partial charge in [-0.25, -0.2) is 9.78 Å². The number of nitrogens with one attached hydrogen (secondary N) is 1. The van der Waals surface area contributed by atoms with Gasteiger partial charge >= 0.3 is 5.97 Å². The van der Waals surface area contributed by atoms with Gasteiger partial charge in [0.1, 0.15) is 18.2 Å². The van der Waals surface area contributed by atoms with Crippen LogP contribution in [0.2, 0.25) is 0 Å². The summed E-state index contributed by atoms with van der Waals surface area (Å²) in [5, 5.41) is 3.69. The normalized spacial score (nSPS) is 11.2. The molecule has 6 heteroatoms. The molecule has 0 spiro atoms. The largest absolute Gasteiger partial charge is 0.496 e. The number of pyridine rings is 1. The minimum Gasteiger partial charge on any atom is -0.496 e. The SMILES string of the molecule is COc1cccc(C(=O)Nc2ccc3cc(C(=O)OCc4ccccc4)ccc3n2)c1-c1ccc(C(C)(C)C)cc1. The molecule has 206 valence electrons. The summed E-state index contributed by atoms with van der Waals surface area (Å²) < 4.78 is 11.1. The molecule has 0 aliphatic heterocycles. The molecular weight excluding hydrogens is 512 g/mol. The van der Waals surface area contributed by atoms with Crippen LogP contribution >= 0.6 is 0 Å². The van der Waals surface area contributed by atoms with Crippen LogP contribution in [0.1, 0.15) is 52.6 Å². The number of nitrogens with zero attached hydrogens (tertiary/aromatic N) is 1. The second-order valence-corrected chi connectivity index (χ2v) is 10.8. The molecule has 1 N–H and O–H groups in total. The third-order valence-corrected chi connectivity index (χ3v) is 6.91. The van der Waals surface area contributed by atoms with E-state index in [1.54, 1.807) is 43.5 Å². The Labute approximate surface area is 240 Å². The van der Waals surface area contributed by atoms with Gasteiger partial charge in [-0.3, -0.25) is 4.79 Å². The molecule has 6 nitrogen and oxygen atoms in total. The highest BCUT2D eigenvalue weighted by molar-refractivity contribution is 6.09. The highest BCUT2D eigenvalue weighted by atomic mass is 16.5. The molecule has 0 atom stereocenters. The van der Waals surface area contributed by atoms with Gasteiger partial charge in [-0.1, -0.05) is 81.4 Å². The third kappa shape index (κ3) is 6.28. The number of esters is 1. The molecule has 0 aliphatic rings. The van der Waals surface area contributed by atoms with Crippen LogP contribution in [-0.4, -0.2) is 24.0 Å². The van der Waals surface area contributed by atoms with Gasteiger partial charge in [0, 0.05) is 10.9 Å². The van der Waals surface area contributed by atoms with Crippen molar-refractivity contribution in [3.8, 4) is 16.9 Å². The van der Waals surface area contributed by atoms with E-state index in [4.69, 9.17) is 9.47 Å². The summed E-state index contributed by atoms with van der Waals surface area (Å²) in [5.41, 5.74) is 5.30. The predicted octanol–water partition coefficient (Wildman–Crippen LogP) is 7.82. The Balaban J connectivity index is 1.36.